The van der Waals surface area contributed by atoms with Crippen LogP contribution >= 0.6 is 0 Å². The van der Waals surface area contributed by atoms with Crippen molar-refractivity contribution in [2.75, 3.05) is 0 Å². The maximum absolute atomic E-state index is 14.2. The second-order valence-electron chi connectivity index (χ2n) is 17.3. The lowest BCUT2D eigenvalue weighted by Crippen LogP contribution is -2.27. The van der Waals surface area contributed by atoms with E-state index in [1.807, 2.05) is 0 Å². The second-order valence-corrected chi connectivity index (χ2v) is 17.3. The van der Waals surface area contributed by atoms with Gasteiger partial charge in [0, 0.05) is 43.1 Å². The molecular formula is C62H10F12N18. The maximum atomic E-state index is 14.2. The first-order valence-electron chi connectivity index (χ1n) is 23.6. The first kappa shape index (κ1) is 67.6. The van der Waals surface area contributed by atoms with Gasteiger partial charge in [-0.3, -0.25) is 0 Å². The Morgan fingerprint density at radius 2 is 0.424 bits per heavy atom. The Kier molecular flexibility index (Phi) is 19.4. The SMILES string of the molecule is N#C/C(c1ccc(C#N)c(C#N)c1C(F)(F)F)=c1/c(C#N)c/c(=C(\C#N)c2ccc(C#N)c(C#N)c2C(F)(F)F)c(C#N)c1C#N.N#C/C(c1ccc(C#N)c(C#N)c1C(F)(F)F)=c1\cc(C#N)/c(=C(\C#N)c2ccc(C#N)c(C#N)c2C(F)(F)F)c(C#N)c1C#N. The summed E-state index contributed by atoms with van der Waals surface area (Å²) in [5.74, 6) is 0. The Morgan fingerprint density at radius 1 is 0.228 bits per heavy atom. The van der Waals surface area contributed by atoms with E-state index >= 15 is 0 Å². The molecule has 0 bridgehead atoms. The fourth-order valence-electron chi connectivity index (χ4n) is 9.20. The lowest BCUT2D eigenvalue weighted by atomic mass is 9.86. The summed E-state index contributed by atoms with van der Waals surface area (Å²) in [6, 6.07) is 32.0. The van der Waals surface area contributed by atoms with Crippen molar-refractivity contribution in [2.45, 2.75) is 24.7 Å². The quantitative estimate of drug-likeness (QED) is 0.149. The Hall–Kier alpha value is -15.2. The van der Waals surface area contributed by atoms with Crippen LogP contribution < -0.4 is 20.9 Å². The van der Waals surface area contributed by atoms with Crippen molar-refractivity contribution < 1.29 is 52.7 Å². The van der Waals surface area contributed by atoms with Crippen LogP contribution in [0.25, 0.3) is 22.3 Å². The standard InChI is InChI=1S/2C31H5F6N9/c2*32-30(33,34)28-18(3-1-15(6-38)21(28)9-41)23(11-43)20-5-17(8-40)27(26(14-46)24(20)12-44)25(13-45)19-4-2-16(7-39)22(10-42)29(19)31(35,36)37/h2*1-5H/b23-20-,27-25+;23-20-,27-25-. The zero-order chi connectivity index (χ0) is 69.1. The molecule has 0 aromatic heterocycles. The van der Waals surface area contributed by atoms with Gasteiger partial charge in [0.05, 0.1) is 135 Å². The zero-order valence-corrected chi connectivity index (χ0v) is 44.4. The molecule has 0 aliphatic heterocycles. The summed E-state index contributed by atoms with van der Waals surface area (Å²) in [6.07, 6.45) is -21.5. The predicted molar refractivity (Wildman–Crippen MR) is 276 cm³/mol. The van der Waals surface area contributed by atoms with Crippen LogP contribution in [0.3, 0.4) is 0 Å². The highest BCUT2D eigenvalue weighted by molar-refractivity contribution is 5.88. The normalized spacial score (nSPS) is 11.8. The number of benzene rings is 6. The topological polar surface area (TPSA) is 428 Å². The van der Waals surface area contributed by atoms with Crippen molar-refractivity contribution in [3.8, 4) is 109 Å². The molecule has 0 N–H and O–H groups in total. The monoisotopic (exact) mass is 1230 g/mol. The Bertz CT molecular complexity index is 5120. The van der Waals surface area contributed by atoms with Crippen LogP contribution in [0.5, 0.6) is 0 Å². The molecule has 0 unspecified atom stereocenters. The highest BCUT2D eigenvalue weighted by atomic mass is 19.4. The number of halogens is 12. The van der Waals surface area contributed by atoms with E-state index in [0.717, 1.165) is 24.3 Å². The minimum atomic E-state index is -5.38. The molecule has 0 atom stereocenters. The number of hydrogen-bond donors (Lipinski definition) is 0. The van der Waals surface area contributed by atoms with E-state index < -0.39 is 190 Å². The van der Waals surface area contributed by atoms with E-state index in [1.165, 1.54) is 109 Å². The fourth-order valence-corrected chi connectivity index (χ4v) is 9.20. The molecule has 0 saturated heterocycles. The number of nitriles is 18. The molecule has 6 aromatic rings. The van der Waals surface area contributed by atoms with Crippen molar-refractivity contribution in [1.82, 2.24) is 0 Å². The number of hydrogen-bond acceptors (Lipinski definition) is 18. The smallest absolute Gasteiger partial charge is 0.192 e. The van der Waals surface area contributed by atoms with Gasteiger partial charge in [0.2, 0.25) is 0 Å². The lowest BCUT2D eigenvalue weighted by molar-refractivity contribution is -0.138. The largest absolute Gasteiger partial charge is 0.418 e. The predicted octanol–water partition coefficient (Wildman–Crippen LogP) is 8.54. The van der Waals surface area contributed by atoms with E-state index in [4.69, 9.17) is 0 Å². The third kappa shape index (κ3) is 11.9. The van der Waals surface area contributed by atoms with Crippen molar-refractivity contribution in [1.29, 1.82) is 94.7 Å². The minimum absolute atomic E-state index is 0.608. The first-order valence-corrected chi connectivity index (χ1v) is 23.6. The van der Waals surface area contributed by atoms with Gasteiger partial charge in [-0.25, -0.2) is 0 Å². The van der Waals surface area contributed by atoms with Crippen LogP contribution in [0.4, 0.5) is 52.7 Å². The highest BCUT2D eigenvalue weighted by Crippen LogP contribution is 2.42. The summed E-state index contributed by atoms with van der Waals surface area (Å²) in [5.41, 5.74) is -28.5. The van der Waals surface area contributed by atoms with Crippen molar-refractivity contribution in [3.63, 3.8) is 0 Å². The Balaban J connectivity index is 0.000000334. The van der Waals surface area contributed by atoms with Crippen LogP contribution in [0, 0.1) is 204 Å². The van der Waals surface area contributed by atoms with Crippen LogP contribution in [-0.2, 0) is 24.7 Å². The van der Waals surface area contributed by atoms with Gasteiger partial charge in [-0.2, -0.15) is 147 Å². The maximum Gasteiger partial charge on any atom is 0.418 e. The van der Waals surface area contributed by atoms with Gasteiger partial charge in [0.25, 0.3) is 0 Å². The van der Waals surface area contributed by atoms with Gasteiger partial charge in [0.15, 0.2) is 0 Å². The average Bonchev–Trinajstić information content (AvgIpc) is 0.755. The van der Waals surface area contributed by atoms with Gasteiger partial charge in [-0.05, 0) is 36.4 Å². The number of alkyl halides is 12. The molecule has 0 radical (unpaired) electrons. The summed E-state index contributed by atoms with van der Waals surface area (Å²) < 4.78 is 171. The molecular weight excluding hydrogens is 1220 g/mol. The first-order chi connectivity index (χ1) is 43.5. The van der Waals surface area contributed by atoms with E-state index in [2.05, 4.69) is 0 Å². The Labute approximate surface area is 506 Å². The summed E-state index contributed by atoms with van der Waals surface area (Å²) in [6.45, 7) is 0. The van der Waals surface area contributed by atoms with E-state index in [9.17, 15) is 147 Å². The molecule has 0 saturated carbocycles. The molecule has 432 valence electrons. The van der Waals surface area contributed by atoms with Gasteiger partial charge < -0.3 is 0 Å². The zero-order valence-electron chi connectivity index (χ0n) is 44.4. The molecule has 30 heteroatoms. The van der Waals surface area contributed by atoms with Gasteiger partial charge in [-0.1, -0.05) is 24.3 Å². The van der Waals surface area contributed by atoms with Crippen LogP contribution in [0.15, 0.2) is 60.7 Å². The van der Waals surface area contributed by atoms with E-state index in [0.29, 0.717) is 36.4 Å². The summed E-state index contributed by atoms with van der Waals surface area (Å²) >= 11 is 0. The highest BCUT2D eigenvalue weighted by Gasteiger charge is 2.43. The van der Waals surface area contributed by atoms with Crippen LogP contribution in [-0.4, -0.2) is 0 Å². The summed E-state index contributed by atoms with van der Waals surface area (Å²) in [7, 11) is 0. The molecule has 92 heavy (non-hydrogen) atoms. The number of nitrogens with zero attached hydrogens (tertiary/aromatic N) is 18. The third-order valence-corrected chi connectivity index (χ3v) is 12.8. The van der Waals surface area contributed by atoms with Crippen molar-refractivity contribution in [3.05, 3.63) is 204 Å². The average molecular weight is 1230 g/mol. The summed E-state index contributed by atoms with van der Waals surface area (Å²) in [5, 5.41) is 171. The molecule has 6 rings (SSSR count). The Morgan fingerprint density at radius 3 is 0.587 bits per heavy atom. The molecule has 0 amide bonds. The molecule has 0 fully saturated rings. The summed E-state index contributed by atoms with van der Waals surface area (Å²) in [4.78, 5) is 0. The molecule has 0 aliphatic rings. The molecule has 0 aliphatic carbocycles. The molecule has 6 aromatic carbocycles. The fraction of sp³-hybridized carbons (Fsp3) is 0.0645. The van der Waals surface area contributed by atoms with Gasteiger partial charge in [-0.15, -0.1) is 0 Å². The van der Waals surface area contributed by atoms with Gasteiger partial charge in [0.1, 0.15) is 97.1 Å². The van der Waals surface area contributed by atoms with E-state index in [-0.39, 0.29) is 0 Å². The molecule has 18 nitrogen and oxygen atoms in total. The van der Waals surface area contributed by atoms with Crippen molar-refractivity contribution in [2.24, 2.45) is 0 Å². The molecule has 0 heterocycles. The molecule has 0 spiro atoms. The third-order valence-electron chi connectivity index (χ3n) is 12.8. The second kappa shape index (κ2) is 26.4. The lowest BCUT2D eigenvalue weighted by Gasteiger charge is -2.16. The van der Waals surface area contributed by atoms with Crippen LogP contribution in [0.1, 0.15) is 122 Å². The minimum Gasteiger partial charge on any atom is -0.192 e. The van der Waals surface area contributed by atoms with Crippen LogP contribution in [0.2, 0.25) is 0 Å². The van der Waals surface area contributed by atoms with Gasteiger partial charge >= 0.3 is 24.7 Å². The van der Waals surface area contributed by atoms with Crippen molar-refractivity contribution >= 4 is 22.3 Å². The van der Waals surface area contributed by atoms with E-state index in [1.54, 1.807) is 0 Å². The number of rotatable bonds is 4.